The summed E-state index contributed by atoms with van der Waals surface area (Å²) >= 11 is 3.04. The van der Waals surface area contributed by atoms with Crippen LogP contribution in [0.25, 0.3) is 21.2 Å². The van der Waals surface area contributed by atoms with Gasteiger partial charge >= 0.3 is 0 Å². The Balaban J connectivity index is 1.44. The number of nitrogens with zero attached hydrogens (tertiary/aromatic N) is 5. The molecule has 0 saturated carbocycles. The topological polar surface area (TPSA) is 73.9 Å². The minimum absolute atomic E-state index is 0.515. The highest BCUT2D eigenvalue weighted by Crippen LogP contribution is 2.36. The van der Waals surface area contributed by atoms with Gasteiger partial charge in [0.1, 0.15) is 10.6 Å². The van der Waals surface area contributed by atoms with E-state index in [0.29, 0.717) is 23.2 Å². The van der Waals surface area contributed by atoms with Gasteiger partial charge in [-0.2, -0.15) is 5.26 Å². The Morgan fingerprint density at radius 2 is 1.78 bits per heavy atom. The molecule has 0 aliphatic rings. The van der Waals surface area contributed by atoms with Gasteiger partial charge in [-0.1, -0.05) is 31.6 Å². The lowest BCUT2D eigenvalue weighted by molar-refractivity contribution is 0.256. The summed E-state index contributed by atoms with van der Waals surface area (Å²) in [5, 5.41) is 19.1. The van der Waals surface area contributed by atoms with Crippen LogP contribution in [0.5, 0.6) is 5.75 Å². The quantitative estimate of drug-likeness (QED) is 0.143. The Hall–Kier alpha value is -3.54. The molecule has 4 aromatic rings. The van der Waals surface area contributed by atoms with Crippen molar-refractivity contribution in [2.75, 3.05) is 24.6 Å². The second kappa shape index (κ2) is 12.6. The molecule has 1 unspecified atom stereocenters. The van der Waals surface area contributed by atoms with Crippen molar-refractivity contribution in [3.8, 4) is 11.8 Å². The lowest BCUT2D eigenvalue weighted by Crippen LogP contribution is -2.21. The van der Waals surface area contributed by atoms with Gasteiger partial charge < -0.3 is 9.64 Å². The van der Waals surface area contributed by atoms with E-state index in [2.05, 4.69) is 72.1 Å². The molecule has 37 heavy (non-hydrogen) atoms. The van der Waals surface area contributed by atoms with Crippen LogP contribution in [0.3, 0.4) is 0 Å². The van der Waals surface area contributed by atoms with Crippen LogP contribution >= 0.6 is 22.7 Å². The van der Waals surface area contributed by atoms with Crippen LogP contribution < -0.4 is 9.64 Å². The lowest BCUT2D eigenvalue weighted by atomic mass is 10.1. The monoisotopic (exact) mass is 529 g/mol. The van der Waals surface area contributed by atoms with E-state index in [1.807, 2.05) is 42.5 Å². The minimum Gasteiger partial charge on any atom is -0.493 e. The number of hydrogen-bond acceptors (Lipinski definition) is 8. The van der Waals surface area contributed by atoms with Crippen molar-refractivity contribution in [1.82, 2.24) is 4.98 Å². The molecule has 8 heteroatoms. The first-order valence-electron chi connectivity index (χ1n) is 12.5. The fourth-order valence-corrected chi connectivity index (χ4v) is 5.67. The minimum atomic E-state index is 0.515. The van der Waals surface area contributed by atoms with E-state index < -0.39 is 0 Å². The first-order valence-corrected chi connectivity index (χ1v) is 14.2. The van der Waals surface area contributed by atoms with Crippen LogP contribution in [0, 0.1) is 17.2 Å². The molecule has 2 heterocycles. The average molecular weight is 530 g/mol. The van der Waals surface area contributed by atoms with Gasteiger partial charge in [0, 0.05) is 23.7 Å². The number of nitriles is 1. The summed E-state index contributed by atoms with van der Waals surface area (Å²) in [5.41, 5.74) is 3.45. The standard InChI is InChI=1S/C29H31N5OS2/c1-5-20(4)19-35-25-14-8-21(9-15-25)22(18-30)16-26-17-27-28(36-26)31-29(37-27)33-32-23-10-12-24(13-11-23)34(6-2)7-3/h8-17,20H,5-7,19H2,1-4H3/b22-16+,33-32+. The molecule has 0 amide bonds. The summed E-state index contributed by atoms with van der Waals surface area (Å²) in [6.07, 6.45) is 2.99. The maximum absolute atomic E-state index is 9.75. The molecular weight excluding hydrogens is 498 g/mol. The number of anilines is 1. The van der Waals surface area contributed by atoms with Gasteiger partial charge in [0.05, 0.1) is 28.6 Å². The highest BCUT2D eigenvalue weighted by molar-refractivity contribution is 7.29. The average Bonchev–Trinajstić information content (AvgIpc) is 3.49. The number of rotatable bonds is 11. The number of ether oxygens (including phenoxy) is 1. The zero-order valence-electron chi connectivity index (χ0n) is 21.6. The molecule has 0 aliphatic carbocycles. The molecule has 0 radical (unpaired) electrons. The molecule has 0 spiro atoms. The molecule has 2 aromatic carbocycles. The summed E-state index contributed by atoms with van der Waals surface area (Å²) in [6, 6.07) is 20.2. The molecule has 190 valence electrons. The van der Waals surface area contributed by atoms with Gasteiger partial charge in [0.25, 0.3) is 0 Å². The number of azo groups is 1. The number of thiophene rings is 1. The second-order valence-corrected chi connectivity index (χ2v) is 10.8. The number of hydrogen-bond donors (Lipinski definition) is 0. The lowest BCUT2D eigenvalue weighted by Gasteiger charge is -2.20. The van der Waals surface area contributed by atoms with E-state index >= 15 is 0 Å². The van der Waals surface area contributed by atoms with Crippen LogP contribution in [0.15, 0.2) is 64.8 Å². The van der Waals surface area contributed by atoms with Gasteiger partial charge in [0.15, 0.2) is 0 Å². The normalized spacial score (nSPS) is 12.7. The zero-order chi connectivity index (χ0) is 26.2. The van der Waals surface area contributed by atoms with Crippen molar-refractivity contribution in [2.45, 2.75) is 34.1 Å². The summed E-state index contributed by atoms with van der Waals surface area (Å²) < 4.78 is 6.87. The first-order chi connectivity index (χ1) is 18.0. The van der Waals surface area contributed by atoms with E-state index in [0.717, 1.165) is 50.9 Å². The molecule has 0 saturated heterocycles. The van der Waals surface area contributed by atoms with Crippen molar-refractivity contribution in [3.05, 3.63) is 65.0 Å². The van der Waals surface area contributed by atoms with Crippen LogP contribution in [-0.4, -0.2) is 24.7 Å². The Labute approximate surface area is 226 Å². The molecule has 1 atom stereocenters. The number of thiazole rings is 1. The van der Waals surface area contributed by atoms with E-state index in [4.69, 9.17) is 4.74 Å². The SMILES string of the molecule is CCC(C)COc1ccc(/C(C#N)=C/c2cc3sc(/N=N/c4ccc(N(CC)CC)cc4)nc3s2)cc1. The fraction of sp³-hybridized carbons (Fsp3) is 0.310. The van der Waals surface area contributed by atoms with E-state index in [1.54, 1.807) is 11.3 Å². The first kappa shape index (κ1) is 26.5. The molecule has 0 N–H and O–H groups in total. The van der Waals surface area contributed by atoms with Crippen molar-refractivity contribution < 1.29 is 4.74 Å². The highest BCUT2D eigenvalue weighted by Gasteiger charge is 2.10. The Kier molecular flexibility index (Phi) is 9.04. The fourth-order valence-electron chi connectivity index (χ4n) is 3.68. The van der Waals surface area contributed by atoms with Crippen molar-refractivity contribution in [3.63, 3.8) is 0 Å². The van der Waals surface area contributed by atoms with Crippen LogP contribution in [-0.2, 0) is 0 Å². The molecule has 6 nitrogen and oxygen atoms in total. The van der Waals surface area contributed by atoms with Crippen LogP contribution in [0.4, 0.5) is 16.5 Å². The number of benzene rings is 2. The van der Waals surface area contributed by atoms with Crippen molar-refractivity contribution in [2.24, 2.45) is 16.1 Å². The number of aromatic nitrogens is 1. The summed E-state index contributed by atoms with van der Waals surface area (Å²) in [4.78, 5) is 8.79. The molecular formula is C29H31N5OS2. The van der Waals surface area contributed by atoms with E-state index in [-0.39, 0.29) is 0 Å². The smallest absolute Gasteiger partial charge is 0.231 e. The maximum atomic E-state index is 9.75. The Morgan fingerprint density at radius 1 is 1.05 bits per heavy atom. The predicted molar refractivity (Wildman–Crippen MR) is 157 cm³/mol. The maximum Gasteiger partial charge on any atom is 0.231 e. The molecule has 0 bridgehead atoms. The second-order valence-electron chi connectivity index (χ2n) is 8.72. The largest absolute Gasteiger partial charge is 0.493 e. The van der Waals surface area contributed by atoms with Crippen molar-refractivity contribution in [1.29, 1.82) is 5.26 Å². The van der Waals surface area contributed by atoms with Crippen molar-refractivity contribution >= 4 is 60.4 Å². The Bertz CT molecular complexity index is 1380. The summed E-state index contributed by atoms with van der Waals surface area (Å²) in [7, 11) is 0. The van der Waals surface area contributed by atoms with Crippen LogP contribution in [0.2, 0.25) is 0 Å². The van der Waals surface area contributed by atoms with Gasteiger partial charge in [-0.3, -0.25) is 0 Å². The van der Waals surface area contributed by atoms with E-state index in [9.17, 15) is 5.26 Å². The van der Waals surface area contributed by atoms with Crippen LogP contribution in [0.1, 0.15) is 44.6 Å². The van der Waals surface area contributed by atoms with Gasteiger partial charge in [-0.15, -0.1) is 21.6 Å². The third kappa shape index (κ3) is 6.82. The number of allylic oxidation sites excluding steroid dienone is 1. The predicted octanol–water partition coefficient (Wildman–Crippen LogP) is 9.11. The summed E-state index contributed by atoms with van der Waals surface area (Å²) in [5.74, 6) is 1.34. The third-order valence-corrected chi connectivity index (χ3v) is 8.12. The summed E-state index contributed by atoms with van der Waals surface area (Å²) in [6.45, 7) is 11.3. The zero-order valence-corrected chi connectivity index (χ0v) is 23.3. The number of fused-ring (bicyclic) bond motifs is 1. The highest BCUT2D eigenvalue weighted by atomic mass is 32.1. The van der Waals surface area contributed by atoms with Gasteiger partial charge in [-0.05, 0) is 86.0 Å². The molecule has 0 aliphatic heterocycles. The molecule has 2 aromatic heterocycles. The Morgan fingerprint density at radius 3 is 2.41 bits per heavy atom. The molecule has 4 rings (SSSR count). The van der Waals surface area contributed by atoms with Gasteiger partial charge in [-0.25, -0.2) is 4.98 Å². The van der Waals surface area contributed by atoms with E-state index in [1.165, 1.54) is 17.0 Å². The molecule has 0 fully saturated rings. The van der Waals surface area contributed by atoms with Gasteiger partial charge in [0.2, 0.25) is 5.13 Å². The third-order valence-electron chi connectivity index (χ3n) is 6.13.